The van der Waals surface area contributed by atoms with Crippen LogP contribution in [0.3, 0.4) is 0 Å². The van der Waals surface area contributed by atoms with Gasteiger partial charge in [0.2, 0.25) is 0 Å². The van der Waals surface area contributed by atoms with Crippen molar-refractivity contribution in [2.45, 2.75) is 6.92 Å². The minimum Gasteiger partial charge on any atom is -0.277 e. The van der Waals surface area contributed by atoms with E-state index in [2.05, 4.69) is 4.98 Å². The van der Waals surface area contributed by atoms with Gasteiger partial charge in [-0.3, -0.25) is 24.2 Å². The summed E-state index contributed by atoms with van der Waals surface area (Å²) < 4.78 is 0. The molecule has 0 unspecified atom stereocenters. The normalized spacial score (nSPS) is 13.0. The van der Waals surface area contributed by atoms with Crippen molar-refractivity contribution in [1.29, 1.82) is 0 Å². The van der Waals surface area contributed by atoms with Crippen LogP contribution in [0.5, 0.6) is 0 Å². The summed E-state index contributed by atoms with van der Waals surface area (Å²) in [6.07, 6.45) is 0. The molecule has 0 bridgehead atoms. The molecule has 1 aliphatic rings. The lowest BCUT2D eigenvalue weighted by Crippen LogP contribution is -2.26. The summed E-state index contributed by atoms with van der Waals surface area (Å²) in [7, 11) is 1.43. The molecule has 0 spiro atoms. The maximum Gasteiger partial charge on any atom is 0.264 e. The highest BCUT2D eigenvalue weighted by Crippen LogP contribution is 2.31. The second-order valence-electron chi connectivity index (χ2n) is 6.18. The molecule has 0 aliphatic carbocycles. The molecule has 3 amide bonds. The molecular weight excluding hydrogens is 362 g/mol. The van der Waals surface area contributed by atoms with Gasteiger partial charge in [0.05, 0.1) is 22.5 Å². The van der Waals surface area contributed by atoms with Gasteiger partial charge in [-0.25, -0.2) is 4.98 Å². The van der Waals surface area contributed by atoms with E-state index in [0.29, 0.717) is 21.9 Å². The number of hydrogen-bond donors (Lipinski definition) is 0. The van der Waals surface area contributed by atoms with Crippen LogP contribution in [-0.2, 0) is 0 Å². The van der Waals surface area contributed by atoms with E-state index >= 15 is 0 Å². The van der Waals surface area contributed by atoms with Crippen molar-refractivity contribution in [3.63, 3.8) is 0 Å². The van der Waals surface area contributed by atoms with Crippen LogP contribution in [0.15, 0.2) is 53.9 Å². The van der Waals surface area contributed by atoms with Gasteiger partial charge in [-0.05, 0) is 37.3 Å². The molecule has 4 rings (SSSR count). The summed E-state index contributed by atoms with van der Waals surface area (Å²) in [5, 5.41) is 2.42. The number of rotatable bonds is 3. The number of hydrogen-bond acceptors (Lipinski definition) is 5. The fourth-order valence-corrected chi connectivity index (χ4v) is 3.78. The molecule has 0 radical (unpaired) electrons. The van der Waals surface area contributed by atoms with Crippen molar-refractivity contribution >= 4 is 39.9 Å². The van der Waals surface area contributed by atoms with Crippen LogP contribution in [0, 0.1) is 6.92 Å². The molecule has 0 saturated carbocycles. The lowest BCUT2D eigenvalue weighted by Gasteiger charge is -2.20. The highest BCUT2D eigenvalue weighted by molar-refractivity contribution is 7.14. The number of carbonyl (C=O) groups is 3. The third kappa shape index (κ3) is 2.82. The van der Waals surface area contributed by atoms with Crippen LogP contribution in [0.2, 0.25) is 0 Å². The van der Waals surface area contributed by atoms with Gasteiger partial charge in [-0.1, -0.05) is 18.2 Å². The molecular formula is C20H15N3O3S. The average Bonchev–Trinajstić information content (AvgIpc) is 3.20. The fraction of sp³-hybridized carbons (Fsp3) is 0.100. The molecule has 2 aromatic carbocycles. The number of nitrogens with zero attached hydrogens (tertiary/aromatic N) is 3. The molecule has 0 atom stereocenters. The maximum absolute atomic E-state index is 13.3. The van der Waals surface area contributed by atoms with Crippen molar-refractivity contribution in [2.75, 3.05) is 11.9 Å². The molecule has 0 saturated heterocycles. The third-order valence-electron chi connectivity index (χ3n) is 4.35. The van der Waals surface area contributed by atoms with Gasteiger partial charge >= 0.3 is 0 Å². The lowest BCUT2D eigenvalue weighted by atomic mass is 10.0. The summed E-state index contributed by atoms with van der Waals surface area (Å²) in [4.78, 5) is 44.7. The molecule has 27 heavy (non-hydrogen) atoms. The number of anilines is 2. The van der Waals surface area contributed by atoms with Crippen molar-refractivity contribution in [2.24, 2.45) is 0 Å². The van der Waals surface area contributed by atoms with Crippen molar-refractivity contribution in [3.05, 3.63) is 76.3 Å². The summed E-state index contributed by atoms with van der Waals surface area (Å²) in [6, 6.07) is 13.8. The first-order valence-corrected chi connectivity index (χ1v) is 9.13. The van der Waals surface area contributed by atoms with E-state index in [0.717, 1.165) is 10.6 Å². The average molecular weight is 377 g/mol. The molecule has 1 aliphatic heterocycles. The minimum atomic E-state index is -0.402. The van der Waals surface area contributed by atoms with Gasteiger partial charge in [0, 0.05) is 18.0 Å². The van der Waals surface area contributed by atoms with Gasteiger partial charge < -0.3 is 0 Å². The zero-order valence-corrected chi connectivity index (χ0v) is 15.5. The molecule has 6 nitrogen and oxygen atoms in total. The van der Waals surface area contributed by atoms with Gasteiger partial charge in [0.25, 0.3) is 17.7 Å². The molecule has 0 fully saturated rings. The van der Waals surface area contributed by atoms with E-state index < -0.39 is 5.91 Å². The largest absolute Gasteiger partial charge is 0.277 e. The predicted molar refractivity (Wildman–Crippen MR) is 103 cm³/mol. The summed E-state index contributed by atoms with van der Waals surface area (Å²) >= 11 is 1.37. The Kier molecular flexibility index (Phi) is 4.08. The van der Waals surface area contributed by atoms with Gasteiger partial charge in [-0.2, -0.15) is 0 Å². The Balaban J connectivity index is 1.80. The van der Waals surface area contributed by atoms with Gasteiger partial charge in [0.15, 0.2) is 5.13 Å². The van der Waals surface area contributed by atoms with E-state index in [1.807, 2.05) is 42.6 Å². The van der Waals surface area contributed by atoms with Crippen molar-refractivity contribution < 1.29 is 14.4 Å². The first-order chi connectivity index (χ1) is 13.0. The highest BCUT2D eigenvalue weighted by Gasteiger charge is 2.34. The second-order valence-corrected chi connectivity index (χ2v) is 7.01. The van der Waals surface area contributed by atoms with E-state index in [1.165, 1.54) is 35.4 Å². The Morgan fingerprint density at radius 2 is 1.74 bits per heavy atom. The zero-order chi connectivity index (χ0) is 19.1. The first-order valence-electron chi connectivity index (χ1n) is 8.25. The number of amides is 3. The second kappa shape index (κ2) is 6.44. The number of carbonyl (C=O) groups excluding carboxylic acids is 3. The number of para-hydroxylation sites is 1. The topological polar surface area (TPSA) is 70.6 Å². The Labute approximate surface area is 159 Å². The predicted octanol–water partition coefficient (Wildman–Crippen LogP) is 3.66. The Hall–Kier alpha value is -3.32. The van der Waals surface area contributed by atoms with E-state index in [9.17, 15) is 14.4 Å². The number of aromatic nitrogens is 1. The molecule has 1 aromatic heterocycles. The zero-order valence-electron chi connectivity index (χ0n) is 14.7. The summed E-state index contributed by atoms with van der Waals surface area (Å²) in [6.45, 7) is 1.86. The Bertz CT molecular complexity index is 1080. The van der Waals surface area contributed by atoms with E-state index in [4.69, 9.17) is 0 Å². The highest BCUT2D eigenvalue weighted by atomic mass is 32.1. The molecule has 134 valence electrons. The number of fused-ring (bicyclic) bond motifs is 1. The summed E-state index contributed by atoms with van der Waals surface area (Å²) in [5.74, 6) is -1.07. The quantitative estimate of drug-likeness (QED) is 0.653. The SMILES string of the molecule is Cc1csc(N(C(=O)c2ccc3c(c2)C(=O)N(C)C3=O)c2ccccc2)n1. The minimum absolute atomic E-state index is 0.247. The van der Waals surface area contributed by atoms with Crippen LogP contribution < -0.4 is 4.90 Å². The number of benzene rings is 2. The Morgan fingerprint density at radius 3 is 2.41 bits per heavy atom. The van der Waals surface area contributed by atoms with Crippen LogP contribution >= 0.6 is 11.3 Å². The van der Waals surface area contributed by atoms with Gasteiger partial charge in [-0.15, -0.1) is 11.3 Å². The maximum atomic E-state index is 13.3. The molecule has 3 aromatic rings. The monoisotopic (exact) mass is 377 g/mol. The van der Waals surface area contributed by atoms with Crippen LogP contribution in [0.25, 0.3) is 0 Å². The smallest absolute Gasteiger partial charge is 0.264 e. The van der Waals surface area contributed by atoms with Crippen molar-refractivity contribution in [1.82, 2.24) is 9.88 Å². The van der Waals surface area contributed by atoms with Crippen molar-refractivity contribution in [3.8, 4) is 0 Å². The van der Waals surface area contributed by atoms with Crippen LogP contribution in [-0.4, -0.2) is 34.7 Å². The first kappa shape index (κ1) is 17.1. The standard InChI is InChI=1S/C20H15N3O3S/c1-12-11-27-20(21-12)23(14-6-4-3-5-7-14)17(24)13-8-9-15-16(10-13)19(26)22(2)18(15)25/h3-11H,1-2H3. The third-order valence-corrected chi connectivity index (χ3v) is 5.30. The van der Waals surface area contributed by atoms with Crippen LogP contribution in [0.4, 0.5) is 10.8 Å². The Morgan fingerprint density at radius 1 is 1.04 bits per heavy atom. The lowest BCUT2D eigenvalue weighted by molar-refractivity contribution is 0.0693. The molecule has 0 N–H and O–H groups in total. The van der Waals surface area contributed by atoms with E-state index in [-0.39, 0.29) is 17.4 Å². The molecule has 7 heteroatoms. The number of imide groups is 1. The fourth-order valence-electron chi connectivity index (χ4n) is 2.96. The summed E-state index contributed by atoms with van der Waals surface area (Å²) in [5.41, 5.74) is 2.38. The molecule has 2 heterocycles. The van der Waals surface area contributed by atoms with Gasteiger partial charge in [0.1, 0.15) is 0 Å². The van der Waals surface area contributed by atoms with E-state index in [1.54, 1.807) is 6.07 Å². The number of thiazole rings is 1. The van der Waals surface area contributed by atoms with Crippen LogP contribution in [0.1, 0.15) is 36.8 Å². The number of aryl methyl sites for hydroxylation is 1.